The van der Waals surface area contributed by atoms with Crippen LogP contribution >= 0.6 is 0 Å². The molecule has 1 N–H and O–H groups in total. The van der Waals surface area contributed by atoms with Gasteiger partial charge in [-0.25, -0.2) is 0 Å². The SMILES string of the molecule is C[NH+]1CCN(c2ccc(C(=O)[O-])cc2[N+](=O)[O-])CC1. The molecule has 0 atom stereocenters. The number of carbonyl (C=O) groups is 1. The number of aromatic carboxylic acids is 1. The van der Waals surface area contributed by atoms with Gasteiger partial charge in [0.1, 0.15) is 5.69 Å². The number of anilines is 1. The zero-order valence-electron chi connectivity index (χ0n) is 10.6. The second-order valence-electron chi connectivity index (χ2n) is 4.69. The van der Waals surface area contributed by atoms with Crippen LogP contribution in [0.5, 0.6) is 0 Å². The standard InChI is InChI=1S/C12H15N3O4/c1-13-4-6-14(7-5-13)10-3-2-9(12(16)17)8-11(10)15(18)19/h2-3,8H,4-7H2,1H3,(H,16,17). The molecule has 1 fully saturated rings. The van der Waals surface area contributed by atoms with Crippen molar-refractivity contribution in [1.82, 2.24) is 0 Å². The summed E-state index contributed by atoms with van der Waals surface area (Å²) in [6.45, 7) is 3.24. The summed E-state index contributed by atoms with van der Waals surface area (Å²) < 4.78 is 0. The predicted molar refractivity (Wildman–Crippen MR) is 66.3 cm³/mol. The summed E-state index contributed by atoms with van der Waals surface area (Å²) in [5, 5.41) is 21.8. The maximum Gasteiger partial charge on any atom is 0.293 e. The lowest BCUT2D eigenvalue weighted by Crippen LogP contribution is -3.12. The first-order valence-corrected chi connectivity index (χ1v) is 6.05. The van der Waals surface area contributed by atoms with E-state index in [4.69, 9.17) is 0 Å². The van der Waals surface area contributed by atoms with Crippen molar-refractivity contribution in [2.24, 2.45) is 0 Å². The molecule has 0 radical (unpaired) electrons. The van der Waals surface area contributed by atoms with Crippen molar-refractivity contribution in [1.29, 1.82) is 0 Å². The molecular weight excluding hydrogens is 250 g/mol. The smallest absolute Gasteiger partial charge is 0.293 e. The highest BCUT2D eigenvalue weighted by Gasteiger charge is 2.24. The molecule has 1 saturated heterocycles. The summed E-state index contributed by atoms with van der Waals surface area (Å²) in [5.74, 6) is -1.41. The summed E-state index contributed by atoms with van der Waals surface area (Å²) >= 11 is 0. The number of carbonyl (C=O) groups excluding carboxylic acids is 1. The van der Waals surface area contributed by atoms with Gasteiger partial charge >= 0.3 is 0 Å². The van der Waals surface area contributed by atoms with Gasteiger partial charge in [-0.15, -0.1) is 0 Å². The molecule has 1 aliphatic heterocycles. The third-order valence-corrected chi connectivity index (χ3v) is 3.37. The summed E-state index contributed by atoms with van der Waals surface area (Å²) in [6.07, 6.45) is 0. The van der Waals surface area contributed by atoms with Crippen molar-refractivity contribution in [3.8, 4) is 0 Å². The van der Waals surface area contributed by atoms with E-state index in [1.165, 1.54) is 17.0 Å². The predicted octanol–water partition coefficient (Wildman–Crippen LogP) is -1.71. The van der Waals surface area contributed by atoms with Gasteiger partial charge in [0.05, 0.1) is 44.1 Å². The van der Waals surface area contributed by atoms with Crippen LogP contribution in [0.1, 0.15) is 10.4 Å². The van der Waals surface area contributed by atoms with Gasteiger partial charge in [-0.2, -0.15) is 0 Å². The third-order valence-electron chi connectivity index (χ3n) is 3.37. The summed E-state index contributed by atoms with van der Waals surface area (Å²) in [4.78, 5) is 24.6. The molecule has 7 heteroatoms. The quantitative estimate of drug-likeness (QED) is 0.519. The van der Waals surface area contributed by atoms with Crippen LogP contribution in [0.2, 0.25) is 0 Å². The van der Waals surface area contributed by atoms with Crippen molar-refractivity contribution < 1.29 is 19.7 Å². The number of likely N-dealkylation sites (N-methyl/N-ethyl adjacent to an activating group) is 1. The highest BCUT2D eigenvalue weighted by Crippen LogP contribution is 2.29. The maximum absolute atomic E-state index is 11.1. The van der Waals surface area contributed by atoms with E-state index in [2.05, 4.69) is 7.05 Å². The Hall–Kier alpha value is -2.15. The molecule has 0 saturated carbocycles. The van der Waals surface area contributed by atoms with E-state index in [9.17, 15) is 20.0 Å². The second kappa shape index (κ2) is 5.23. The molecule has 0 aromatic heterocycles. The van der Waals surface area contributed by atoms with Crippen molar-refractivity contribution in [2.45, 2.75) is 0 Å². The van der Waals surface area contributed by atoms with Gasteiger partial charge in [0.15, 0.2) is 0 Å². The van der Waals surface area contributed by atoms with E-state index in [-0.39, 0.29) is 11.3 Å². The average Bonchev–Trinajstić information content (AvgIpc) is 2.38. The first-order valence-electron chi connectivity index (χ1n) is 6.05. The van der Waals surface area contributed by atoms with Crippen LogP contribution in [0.25, 0.3) is 0 Å². The molecular formula is C12H15N3O4. The summed E-state index contributed by atoms with van der Waals surface area (Å²) in [5.41, 5.74) is 0.124. The van der Waals surface area contributed by atoms with Crippen LogP contribution in [0.4, 0.5) is 11.4 Å². The Labute approximate surface area is 110 Å². The number of carboxylic acids is 1. The number of carboxylic acid groups (broad SMARTS) is 1. The second-order valence-corrected chi connectivity index (χ2v) is 4.69. The van der Waals surface area contributed by atoms with Crippen LogP contribution < -0.4 is 14.9 Å². The molecule has 0 amide bonds. The van der Waals surface area contributed by atoms with E-state index in [0.29, 0.717) is 5.69 Å². The van der Waals surface area contributed by atoms with Crippen LogP contribution in [0, 0.1) is 10.1 Å². The van der Waals surface area contributed by atoms with Crippen molar-refractivity contribution in [3.63, 3.8) is 0 Å². The number of nitro groups is 1. The molecule has 0 aliphatic carbocycles. The Morgan fingerprint density at radius 2 is 2.00 bits per heavy atom. The van der Waals surface area contributed by atoms with Crippen molar-refractivity contribution in [2.75, 3.05) is 38.1 Å². The van der Waals surface area contributed by atoms with Gasteiger partial charge in [-0.3, -0.25) is 10.1 Å². The van der Waals surface area contributed by atoms with Crippen molar-refractivity contribution >= 4 is 17.3 Å². The average molecular weight is 265 g/mol. The maximum atomic E-state index is 11.1. The van der Waals surface area contributed by atoms with Gasteiger partial charge < -0.3 is 19.7 Å². The Morgan fingerprint density at radius 1 is 1.37 bits per heavy atom. The van der Waals surface area contributed by atoms with Crippen molar-refractivity contribution in [3.05, 3.63) is 33.9 Å². The highest BCUT2D eigenvalue weighted by molar-refractivity contribution is 5.88. The third kappa shape index (κ3) is 2.82. The Bertz CT molecular complexity index is 510. The Balaban J connectivity index is 2.34. The van der Waals surface area contributed by atoms with E-state index in [1.807, 2.05) is 4.90 Å². The molecule has 1 aliphatic rings. The van der Waals surface area contributed by atoms with Gasteiger partial charge in [0.25, 0.3) is 5.69 Å². The fraction of sp³-hybridized carbons (Fsp3) is 0.417. The van der Waals surface area contributed by atoms with Gasteiger partial charge in [0.2, 0.25) is 0 Å². The fourth-order valence-corrected chi connectivity index (χ4v) is 2.19. The summed E-state index contributed by atoms with van der Waals surface area (Å²) in [6, 6.07) is 3.91. The number of quaternary nitrogens is 1. The molecule has 1 aromatic carbocycles. The van der Waals surface area contributed by atoms with E-state index in [1.54, 1.807) is 0 Å². The fourth-order valence-electron chi connectivity index (χ4n) is 2.19. The first-order chi connectivity index (χ1) is 8.99. The molecule has 19 heavy (non-hydrogen) atoms. The number of piperazine rings is 1. The lowest BCUT2D eigenvalue weighted by atomic mass is 10.1. The Kier molecular flexibility index (Phi) is 3.66. The van der Waals surface area contributed by atoms with Crippen LogP contribution in [-0.2, 0) is 0 Å². The molecule has 0 bridgehead atoms. The van der Waals surface area contributed by atoms with Gasteiger partial charge in [-0.1, -0.05) is 6.07 Å². The minimum atomic E-state index is -1.41. The lowest BCUT2D eigenvalue weighted by molar-refractivity contribution is -0.880. The van der Waals surface area contributed by atoms with E-state index in [0.717, 1.165) is 32.2 Å². The monoisotopic (exact) mass is 265 g/mol. The number of nitrogens with one attached hydrogen (secondary N) is 1. The van der Waals surface area contributed by atoms with Gasteiger partial charge in [-0.05, 0) is 6.07 Å². The highest BCUT2D eigenvalue weighted by atomic mass is 16.6. The van der Waals surface area contributed by atoms with E-state index < -0.39 is 10.9 Å². The lowest BCUT2D eigenvalue weighted by Gasteiger charge is -2.31. The van der Waals surface area contributed by atoms with Crippen LogP contribution in [0.3, 0.4) is 0 Å². The van der Waals surface area contributed by atoms with Crippen LogP contribution in [-0.4, -0.2) is 44.1 Å². The largest absolute Gasteiger partial charge is 0.545 e. The molecule has 0 spiro atoms. The zero-order valence-corrected chi connectivity index (χ0v) is 10.6. The number of hydrogen-bond acceptors (Lipinski definition) is 5. The molecule has 1 heterocycles. The number of hydrogen-bond donors (Lipinski definition) is 1. The Morgan fingerprint density at radius 3 is 2.53 bits per heavy atom. The summed E-state index contributed by atoms with van der Waals surface area (Å²) in [7, 11) is 2.07. The molecule has 2 rings (SSSR count). The van der Waals surface area contributed by atoms with E-state index >= 15 is 0 Å². The van der Waals surface area contributed by atoms with Crippen LogP contribution in [0.15, 0.2) is 18.2 Å². The normalized spacial score (nSPS) is 16.4. The number of rotatable bonds is 3. The minimum absolute atomic E-state index is 0.171. The number of nitro benzene ring substituents is 1. The number of benzene rings is 1. The molecule has 0 unspecified atom stereocenters. The molecule has 102 valence electrons. The molecule has 1 aromatic rings. The zero-order chi connectivity index (χ0) is 14.0. The topological polar surface area (TPSA) is 91.0 Å². The number of nitrogens with zero attached hydrogens (tertiary/aromatic N) is 2. The first kappa shape index (κ1) is 13.3. The molecule has 7 nitrogen and oxygen atoms in total. The minimum Gasteiger partial charge on any atom is -0.545 e. The van der Waals surface area contributed by atoms with Gasteiger partial charge in [0, 0.05) is 11.6 Å².